The van der Waals surface area contributed by atoms with E-state index in [2.05, 4.69) is 16.7 Å². The van der Waals surface area contributed by atoms with Gasteiger partial charge in [0.05, 0.1) is 6.04 Å². The van der Waals surface area contributed by atoms with E-state index in [0.29, 0.717) is 0 Å². The highest BCUT2D eigenvalue weighted by molar-refractivity contribution is 5.79. The predicted molar refractivity (Wildman–Crippen MR) is 52.3 cm³/mol. The molecule has 1 fully saturated rings. The lowest BCUT2D eigenvalue weighted by Gasteiger charge is -2.36. The van der Waals surface area contributed by atoms with Crippen LogP contribution in [0.3, 0.4) is 0 Å². The molecular weight excluding hydrogens is 166 g/mol. The molecule has 0 aromatic carbocycles. The van der Waals surface area contributed by atoms with Gasteiger partial charge in [-0.2, -0.15) is 0 Å². The summed E-state index contributed by atoms with van der Waals surface area (Å²) in [5.74, 6) is -0.218. The monoisotopic (exact) mass is 185 g/mol. The van der Waals surface area contributed by atoms with E-state index in [9.17, 15) is 4.79 Å². The highest BCUT2D eigenvalue weighted by Crippen LogP contribution is 2.05. The van der Waals surface area contributed by atoms with Crippen molar-refractivity contribution in [1.29, 1.82) is 0 Å². The smallest absolute Gasteiger partial charge is 0.234 e. The van der Waals surface area contributed by atoms with E-state index in [4.69, 9.17) is 5.73 Å². The molecule has 4 heteroatoms. The van der Waals surface area contributed by atoms with Crippen LogP contribution in [-0.2, 0) is 4.79 Å². The average Bonchev–Trinajstić information content (AvgIpc) is 2.17. The topological polar surface area (TPSA) is 49.6 Å². The van der Waals surface area contributed by atoms with E-state index in [1.807, 2.05) is 6.92 Å². The minimum Gasteiger partial charge on any atom is -0.368 e. The van der Waals surface area contributed by atoms with Gasteiger partial charge in [0.15, 0.2) is 0 Å². The molecular formula is C9H19N3O. The number of nitrogens with two attached hydrogens (primary N) is 1. The SMILES string of the molecule is CCN1CCN([C@H](C)C(N)=O)CC1. The van der Waals surface area contributed by atoms with Crippen molar-refractivity contribution in [2.75, 3.05) is 32.7 Å². The number of hydrogen-bond donors (Lipinski definition) is 1. The molecule has 1 atom stereocenters. The summed E-state index contributed by atoms with van der Waals surface area (Å²) in [7, 11) is 0. The van der Waals surface area contributed by atoms with Crippen molar-refractivity contribution in [3.05, 3.63) is 0 Å². The van der Waals surface area contributed by atoms with Gasteiger partial charge in [0.1, 0.15) is 0 Å². The fourth-order valence-corrected chi connectivity index (χ4v) is 1.65. The van der Waals surface area contributed by atoms with Crippen LogP contribution in [0.25, 0.3) is 0 Å². The molecule has 1 saturated heterocycles. The predicted octanol–water partition coefficient (Wildman–Crippen LogP) is -0.502. The number of hydrogen-bond acceptors (Lipinski definition) is 3. The van der Waals surface area contributed by atoms with Crippen LogP contribution in [0.5, 0.6) is 0 Å². The molecule has 0 unspecified atom stereocenters. The molecule has 1 aliphatic heterocycles. The molecule has 0 bridgehead atoms. The summed E-state index contributed by atoms with van der Waals surface area (Å²) in [5, 5.41) is 0. The van der Waals surface area contributed by atoms with Crippen LogP contribution in [0.1, 0.15) is 13.8 Å². The first-order valence-electron chi connectivity index (χ1n) is 4.91. The second kappa shape index (κ2) is 4.58. The highest BCUT2D eigenvalue weighted by Gasteiger charge is 2.22. The summed E-state index contributed by atoms with van der Waals surface area (Å²) < 4.78 is 0. The largest absolute Gasteiger partial charge is 0.368 e. The first-order chi connectivity index (χ1) is 6.15. The lowest BCUT2D eigenvalue weighted by Crippen LogP contribution is -2.52. The fourth-order valence-electron chi connectivity index (χ4n) is 1.65. The van der Waals surface area contributed by atoms with Gasteiger partial charge in [-0.3, -0.25) is 9.69 Å². The van der Waals surface area contributed by atoms with Crippen LogP contribution in [0.4, 0.5) is 0 Å². The van der Waals surface area contributed by atoms with Gasteiger partial charge in [0.2, 0.25) is 5.91 Å². The van der Waals surface area contributed by atoms with Gasteiger partial charge in [-0.15, -0.1) is 0 Å². The van der Waals surface area contributed by atoms with E-state index in [-0.39, 0.29) is 11.9 Å². The standard InChI is InChI=1S/C9H19N3O/c1-3-11-4-6-12(7-5-11)8(2)9(10)13/h8H,3-7H2,1-2H3,(H2,10,13)/t8-/m1/s1. The molecule has 4 nitrogen and oxygen atoms in total. The van der Waals surface area contributed by atoms with Crippen LogP contribution in [-0.4, -0.2) is 54.5 Å². The molecule has 2 N–H and O–H groups in total. The fraction of sp³-hybridized carbons (Fsp3) is 0.889. The summed E-state index contributed by atoms with van der Waals surface area (Å²) in [6.45, 7) is 9.15. The number of likely N-dealkylation sites (N-methyl/N-ethyl adjacent to an activating group) is 1. The molecule has 0 radical (unpaired) electrons. The molecule has 0 saturated carbocycles. The van der Waals surface area contributed by atoms with E-state index in [1.54, 1.807) is 0 Å². The number of carbonyl (C=O) groups is 1. The van der Waals surface area contributed by atoms with Crippen molar-refractivity contribution in [1.82, 2.24) is 9.80 Å². The Morgan fingerprint density at radius 3 is 2.31 bits per heavy atom. The minimum absolute atomic E-state index is 0.112. The maximum absolute atomic E-state index is 10.9. The van der Waals surface area contributed by atoms with E-state index in [1.165, 1.54) is 0 Å². The van der Waals surface area contributed by atoms with E-state index >= 15 is 0 Å². The number of carbonyl (C=O) groups excluding carboxylic acids is 1. The van der Waals surface area contributed by atoms with Crippen LogP contribution >= 0.6 is 0 Å². The van der Waals surface area contributed by atoms with Gasteiger partial charge >= 0.3 is 0 Å². The zero-order chi connectivity index (χ0) is 9.84. The molecule has 0 aliphatic carbocycles. The van der Waals surface area contributed by atoms with Crippen molar-refractivity contribution in [2.24, 2.45) is 5.73 Å². The minimum atomic E-state index is -0.218. The maximum atomic E-state index is 10.9. The van der Waals surface area contributed by atoms with Crippen LogP contribution in [0.15, 0.2) is 0 Å². The van der Waals surface area contributed by atoms with Gasteiger partial charge in [0.25, 0.3) is 0 Å². The Labute approximate surface area is 79.7 Å². The molecule has 1 rings (SSSR count). The quantitative estimate of drug-likeness (QED) is 0.645. The summed E-state index contributed by atoms with van der Waals surface area (Å²) in [6, 6.07) is -0.112. The highest BCUT2D eigenvalue weighted by atomic mass is 16.1. The number of rotatable bonds is 3. The summed E-state index contributed by atoms with van der Waals surface area (Å²) in [6.07, 6.45) is 0. The first-order valence-corrected chi connectivity index (χ1v) is 4.91. The Morgan fingerprint density at radius 1 is 1.38 bits per heavy atom. The third-order valence-corrected chi connectivity index (χ3v) is 2.81. The zero-order valence-electron chi connectivity index (χ0n) is 8.49. The number of piperazine rings is 1. The Balaban J connectivity index is 2.36. The van der Waals surface area contributed by atoms with Gasteiger partial charge in [-0.05, 0) is 13.5 Å². The summed E-state index contributed by atoms with van der Waals surface area (Å²) in [5.41, 5.74) is 5.24. The van der Waals surface area contributed by atoms with E-state index in [0.717, 1.165) is 32.7 Å². The molecule has 0 aromatic rings. The second-order valence-electron chi connectivity index (χ2n) is 3.55. The lowest BCUT2D eigenvalue weighted by atomic mass is 10.2. The van der Waals surface area contributed by atoms with E-state index < -0.39 is 0 Å². The van der Waals surface area contributed by atoms with Crippen molar-refractivity contribution in [3.8, 4) is 0 Å². The third kappa shape index (κ3) is 2.67. The van der Waals surface area contributed by atoms with Gasteiger partial charge in [-0.1, -0.05) is 6.92 Å². The summed E-state index contributed by atoms with van der Waals surface area (Å²) in [4.78, 5) is 15.4. The Bertz CT molecular complexity index is 176. The summed E-state index contributed by atoms with van der Waals surface area (Å²) >= 11 is 0. The average molecular weight is 185 g/mol. The van der Waals surface area contributed by atoms with Crippen LogP contribution in [0.2, 0.25) is 0 Å². The maximum Gasteiger partial charge on any atom is 0.234 e. The van der Waals surface area contributed by atoms with Gasteiger partial charge in [-0.25, -0.2) is 0 Å². The van der Waals surface area contributed by atoms with Gasteiger partial charge < -0.3 is 10.6 Å². The molecule has 13 heavy (non-hydrogen) atoms. The number of nitrogens with zero attached hydrogens (tertiary/aromatic N) is 2. The van der Waals surface area contributed by atoms with Crippen LogP contribution < -0.4 is 5.73 Å². The molecule has 0 spiro atoms. The van der Waals surface area contributed by atoms with Gasteiger partial charge in [0, 0.05) is 26.2 Å². The Morgan fingerprint density at radius 2 is 1.92 bits per heavy atom. The third-order valence-electron chi connectivity index (χ3n) is 2.81. The molecule has 1 heterocycles. The lowest BCUT2D eigenvalue weighted by molar-refractivity contribution is -0.123. The van der Waals surface area contributed by atoms with Crippen molar-refractivity contribution < 1.29 is 4.79 Å². The molecule has 76 valence electrons. The Kier molecular flexibility index (Phi) is 3.69. The normalized spacial score (nSPS) is 22.9. The van der Waals surface area contributed by atoms with Crippen molar-refractivity contribution in [3.63, 3.8) is 0 Å². The van der Waals surface area contributed by atoms with Crippen molar-refractivity contribution in [2.45, 2.75) is 19.9 Å². The molecule has 1 amide bonds. The zero-order valence-corrected chi connectivity index (χ0v) is 8.49. The molecule has 0 aromatic heterocycles. The molecule has 1 aliphatic rings. The Hall–Kier alpha value is -0.610. The second-order valence-corrected chi connectivity index (χ2v) is 3.55. The number of primary amides is 1. The number of amides is 1. The van der Waals surface area contributed by atoms with Crippen LogP contribution in [0, 0.1) is 0 Å². The van der Waals surface area contributed by atoms with Crippen molar-refractivity contribution >= 4 is 5.91 Å². The first kappa shape index (κ1) is 10.5.